The monoisotopic (exact) mass is 402 g/mol. The van der Waals surface area contributed by atoms with Gasteiger partial charge in [0.05, 0.1) is 17.2 Å². The highest BCUT2D eigenvalue weighted by atomic mass is 19.1. The third kappa shape index (κ3) is 3.67. The number of H-pyrrole nitrogens is 1. The first-order valence-electron chi connectivity index (χ1n) is 9.50. The lowest BCUT2D eigenvalue weighted by Crippen LogP contribution is -2.56. The molecule has 0 saturated carbocycles. The smallest absolute Gasteiger partial charge is 0.268 e. The number of likely N-dealkylation sites (tertiary alicyclic amines) is 1. The first kappa shape index (κ1) is 19.4. The summed E-state index contributed by atoms with van der Waals surface area (Å²) in [4.78, 5) is 28.5. The number of halogens is 1. The maximum atomic E-state index is 13.5. The first-order valence-corrected chi connectivity index (χ1v) is 9.50. The van der Waals surface area contributed by atoms with Crippen LogP contribution in [-0.4, -0.2) is 34.9 Å². The predicted molar refractivity (Wildman–Crippen MR) is 113 cm³/mol. The van der Waals surface area contributed by atoms with Crippen molar-refractivity contribution >= 4 is 22.5 Å². The number of amides is 1. The summed E-state index contributed by atoms with van der Waals surface area (Å²) < 4.78 is 13.5. The van der Waals surface area contributed by atoms with E-state index in [1.165, 1.54) is 18.2 Å². The summed E-state index contributed by atoms with van der Waals surface area (Å²) in [7, 11) is 0. The van der Waals surface area contributed by atoms with Gasteiger partial charge in [-0.15, -0.1) is 0 Å². The molecule has 0 bridgehead atoms. The summed E-state index contributed by atoms with van der Waals surface area (Å²) in [6.07, 6.45) is 1.78. The molecule has 2 N–H and O–H groups in total. The number of anilines is 1. The number of nitrogens with one attached hydrogen (secondary N) is 2. The van der Waals surface area contributed by atoms with E-state index in [1.807, 2.05) is 30.3 Å². The van der Waals surface area contributed by atoms with Crippen LogP contribution >= 0.6 is 0 Å². The summed E-state index contributed by atoms with van der Waals surface area (Å²) in [5.74, 6) is -0.442. The van der Waals surface area contributed by atoms with E-state index in [9.17, 15) is 19.2 Å². The molecule has 0 spiro atoms. The molecule has 0 unspecified atom stereocenters. The molecule has 30 heavy (non-hydrogen) atoms. The number of benzene rings is 2. The Morgan fingerprint density at radius 1 is 1.30 bits per heavy atom. The van der Waals surface area contributed by atoms with Crippen molar-refractivity contribution in [1.82, 2.24) is 9.88 Å². The van der Waals surface area contributed by atoms with Crippen LogP contribution in [0, 0.1) is 17.1 Å². The second-order valence-electron chi connectivity index (χ2n) is 7.29. The number of carbonyl (C=O) groups is 1. The fourth-order valence-corrected chi connectivity index (χ4v) is 3.68. The summed E-state index contributed by atoms with van der Waals surface area (Å²) in [6, 6.07) is 13.9. The number of hydrogen-bond donors (Lipinski definition) is 2. The van der Waals surface area contributed by atoms with Gasteiger partial charge in [0.15, 0.2) is 0 Å². The van der Waals surface area contributed by atoms with Crippen molar-refractivity contribution in [2.75, 3.05) is 18.4 Å². The summed E-state index contributed by atoms with van der Waals surface area (Å²) in [6.45, 7) is 4.42. The number of aromatic nitrogens is 1. The van der Waals surface area contributed by atoms with Gasteiger partial charge in [0, 0.05) is 18.5 Å². The lowest BCUT2D eigenvalue weighted by atomic mass is 10.0. The van der Waals surface area contributed by atoms with Crippen molar-refractivity contribution < 1.29 is 9.18 Å². The Balaban J connectivity index is 1.65. The fourth-order valence-electron chi connectivity index (χ4n) is 3.68. The second-order valence-corrected chi connectivity index (χ2v) is 7.29. The molecule has 6 nitrogen and oxygen atoms in total. The van der Waals surface area contributed by atoms with E-state index in [0.717, 1.165) is 11.1 Å². The Labute approximate surface area is 172 Å². The van der Waals surface area contributed by atoms with Crippen LogP contribution in [0.5, 0.6) is 0 Å². The van der Waals surface area contributed by atoms with Gasteiger partial charge in [-0.2, -0.15) is 5.26 Å². The van der Waals surface area contributed by atoms with Crippen LogP contribution in [0.25, 0.3) is 10.9 Å². The maximum absolute atomic E-state index is 13.5. The Morgan fingerprint density at radius 2 is 2.07 bits per heavy atom. The molecule has 7 heteroatoms. The van der Waals surface area contributed by atoms with Crippen molar-refractivity contribution in [2.24, 2.45) is 0 Å². The average molecular weight is 402 g/mol. The highest BCUT2D eigenvalue weighted by Crippen LogP contribution is 2.27. The Morgan fingerprint density at radius 3 is 2.77 bits per heavy atom. The molecular weight excluding hydrogens is 383 g/mol. The van der Waals surface area contributed by atoms with Gasteiger partial charge in [0.2, 0.25) is 5.91 Å². The van der Waals surface area contributed by atoms with Gasteiger partial charge in [0.1, 0.15) is 17.4 Å². The van der Waals surface area contributed by atoms with Crippen LogP contribution in [-0.2, 0) is 11.2 Å². The fraction of sp³-hybridized carbons (Fsp3) is 0.174. The Hall–Kier alpha value is -3.92. The molecule has 1 aliphatic heterocycles. The number of carbonyl (C=O) groups excluding carboxylic acids is 1. The molecule has 1 amide bonds. The lowest BCUT2D eigenvalue weighted by molar-refractivity contribution is -0.129. The molecule has 0 atom stereocenters. The summed E-state index contributed by atoms with van der Waals surface area (Å²) >= 11 is 0. The Bertz CT molecular complexity index is 1250. The maximum Gasteiger partial charge on any atom is 0.268 e. The van der Waals surface area contributed by atoms with E-state index in [4.69, 9.17) is 0 Å². The molecule has 1 aliphatic rings. The van der Waals surface area contributed by atoms with Crippen LogP contribution in [0.2, 0.25) is 0 Å². The third-order valence-electron chi connectivity index (χ3n) is 5.20. The van der Waals surface area contributed by atoms with Gasteiger partial charge in [-0.1, -0.05) is 30.8 Å². The lowest BCUT2D eigenvalue weighted by Gasteiger charge is -2.39. The molecule has 2 heterocycles. The molecule has 1 aromatic heterocycles. The van der Waals surface area contributed by atoms with Gasteiger partial charge >= 0.3 is 0 Å². The van der Waals surface area contributed by atoms with Crippen LogP contribution in [0.4, 0.5) is 10.1 Å². The van der Waals surface area contributed by atoms with Crippen molar-refractivity contribution in [3.05, 3.63) is 88.0 Å². The minimum Gasteiger partial charge on any atom is -0.377 e. The van der Waals surface area contributed by atoms with Crippen molar-refractivity contribution in [3.8, 4) is 6.07 Å². The van der Waals surface area contributed by atoms with Gasteiger partial charge in [-0.05, 0) is 41.8 Å². The zero-order valence-electron chi connectivity index (χ0n) is 16.1. The Kier molecular flexibility index (Phi) is 5.07. The second kappa shape index (κ2) is 7.84. The average Bonchev–Trinajstić information content (AvgIpc) is 2.69. The van der Waals surface area contributed by atoms with E-state index in [-0.39, 0.29) is 23.3 Å². The number of pyridine rings is 1. The zero-order valence-corrected chi connectivity index (χ0v) is 16.1. The minimum atomic E-state index is -0.478. The van der Waals surface area contributed by atoms with Crippen LogP contribution in [0.1, 0.15) is 16.7 Å². The number of aromatic amines is 1. The zero-order chi connectivity index (χ0) is 21.3. The van der Waals surface area contributed by atoms with E-state index in [1.54, 1.807) is 11.0 Å². The topological polar surface area (TPSA) is 89.0 Å². The summed E-state index contributed by atoms with van der Waals surface area (Å²) in [5, 5.41) is 13.5. The molecule has 4 rings (SSSR count). The van der Waals surface area contributed by atoms with Gasteiger partial charge < -0.3 is 15.2 Å². The van der Waals surface area contributed by atoms with Gasteiger partial charge in [0.25, 0.3) is 5.56 Å². The molecule has 1 fully saturated rings. The third-order valence-corrected chi connectivity index (χ3v) is 5.20. The number of nitriles is 1. The van der Waals surface area contributed by atoms with Crippen LogP contribution in [0.15, 0.2) is 59.9 Å². The van der Waals surface area contributed by atoms with Crippen LogP contribution < -0.4 is 10.9 Å². The predicted octanol–water partition coefficient (Wildman–Crippen LogP) is 2.94. The highest BCUT2D eigenvalue weighted by molar-refractivity contribution is 5.94. The number of nitrogens with zero attached hydrogens (tertiary/aromatic N) is 2. The van der Waals surface area contributed by atoms with Crippen molar-refractivity contribution in [1.29, 1.82) is 5.26 Å². The minimum absolute atomic E-state index is 0.00822. The molecular formula is C23H19FN4O2. The van der Waals surface area contributed by atoms with Gasteiger partial charge in [-0.3, -0.25) is 9.59 Å². The van der Waals surface area contributed by atoms with Crippen LogP contribution in [0.3, 0.4) is 0 Å². The molecule has 1 saturated heterocycles. The molecule has 0 radical (unpaired) electrons. The van der Waals surface area contributed by atoms with E-state index in [2.05, 4.69) is 16.9 Å². The molecule has 3 aromatic rings. The van der Waals surface area contributed by atoms with Crippen molar-refractivity contribution in [3.63, 3.8) is 0 Å². The SMILES string of the molecule is C=CC(=O)N1CC(Nc2c(C#N)c(=O)[nH]c3cc(Cc4cccc(F)c4)ccc23)C1. The number of hydrogen-bond acceptors (Lipinski definition) is 4. The normalized spacial score (nSPS) is 13.5. The van der Waals surface area contributed by atoms with E-state index < -0.39 is 5.56 Å². The standard InChI is InChI=1S/C23H19FN4O2/c1-2-21(29)28-12-17(13-28)26-22-18-7-6-15(8-14-4-3-5-16(24)9-14)10-20(18)27-23(30)19(22)11-25/h2-7,9-10,17H,1,8,12-13H2,(H2,26,27,30). The largest absolute Gasteiger partial charge is 0.377 e. The van der Waals surface area contributed by atoms with Crippen molar-refractivity contribution in [2.45, 2.75) is 12.5 Å². The molecule has 150 valence electrons. The van der Waals surface area contributed by atoms with E-state index in [0.29, 0.717) is 36.1 Å². The van der Waals surface area contributed by atoms with E-state index >= 15 is 0 Å². The quantitative estimate of drug-likeness (QED) is 0.642. The molecule has 0 aliphatic carbocycles. The highest BCUT2D eigenvalue weighted by Gasteiger charge is 2.30. The van der Waals surface area contributed by atoms with Gasteiger partial charge in [-0.25, -0.2) is 4.39 Å². The number of fused-ring (bicyclic) bond motifs is 1. The molecule has 2 aromatic carbocycles. The first-order chi connectivity index (χ1) is 14.5. The summed E-state index contributed by atoms with van der Waals surface area (Å²) in [5.41, 5.74) is 2.32. The number of rotatable bonds is 5.